The molecule has 19 heavy (non-hydrogen) atoms. The number of hydrogen-bond donors (Lipinski definition) is 3. The molecule has 0 aliphatic carbocycles. The van der Waals surface area contributed by atoms with Gasteiger partial charge in [-0.15, -0.1) is 0 Å². The largest absolute Gasteiger partial charge is 0.336 e. The minimum Gasteiger partial charge on any atom is -0.336 e. The van der Waals surface area contributed by atoms with E-state index in [1.807, 2.05) is 4.90 Å². The van der Waals surface area contributed by atoms with Gasteiger partial charge in [0.1, 0.15) is 0 Å². The van der Waals surface area contributed by atoms with Crippen LogP contribution >= 0.6 is 0 Å². The molecule has 7 nitrogen and oxygen atoms in total. The lowest BCUT2D eigenvalue weighted by molar-refractivity contribution is -0.121. The molecule has 0 bridgehead atoms. The first-order valence-electron chi connectivity index (χ1n) is 6.97. The van der Waals surface area contributed by atoms with Gasteiger partial charge < -0.3 is 10.2 Å². The van der Waals surface area contributed by atoms with E-state index in [-0.39, 0.29) is 11.9 Å². The Balaban J connectivity index is 1.58. The van der Waals surface area contributed by atoms with E-state index in [2.05, 4.69) is 15.6 Å². The lowest BCUT2D eigenvalue weighted by atomic mass is 10.1. The number of piperazine rings is 1. The highest BCUT2D eigenvalue weighted by atomic mass is 16.2. The van der Waals surface area contributed by atoms with E-state index >= 15 is 0 Å². The number of carbonyl (C=O) groups excluding carboxylic acids is 2. The van der Waals surface area contributed by atoms with E-state index in [9.17, 15) is 9.59 Å². The fourth-order valence-electron chi connectivity index (χ4n) is 2.74. The Kier molecular flexibility index (Phi) is 4.98. The third-order valence-corrected chi connectivity index (χ3v) is 3.86. The van der Waals surface area contributed by atoms with E-state index in [4.69, 9.17) is 5.84 Å². The zero-order valence-electron chi connectivity index (χ0n) is 11.2. The summed E-state index contributed by atoms with van der Waals surface area (Å²) in [5.41, 5.74) is 2.14. The predicted molar refractivity (Wildman–Crippen MR) is 71.1 cm³/mol. The van der Waals surface area contributed by atoms with Crippen molar-refractivity contribution in [1.82, 2.24) is 20.5 Å². The number of carbonyl (C=O) groups is 2. The van der Waals surface area contributed by atoms with Crippen molar-refractivity contribution in [3.05, 3.63) is 0 Å². The Morgan fingerprint density at radius 2 is 2.21 bits per heavy atom. The Bertz CT molecular complexity index is 336. The second-order valence-electron chi connectivity index (χ2n) is 5.21. The Morgan fingerprint density at radius 1 is 1.37 bits per heavy atom. The van der Waals surface area contributed by atoms with Crippen molar-refractivity contribution in [1.29, 1.82) is 0 Å². The van der Waals surface area contributed by atoms with Gasteiger partial charge in [0.25, 0.3) is 0 Å². The first-order valence-corrected chi connectivity index (χ1v) is 6.97. The molecule has 2 fully saturated rings. The molecule has 3 amide bonds. The van der Waals surface area contributed by atoms with Gasteiger partial charge in [-0.1, -0.05) is 6.42 Å². The number of hydrogen-bond acceptors (Lipinski definition) is 4. The van der Waals surface area contributed by atoms with Crippen LogP contribution in [0, 0.1) is 0 Å². The second-order valence-corrected chi connectivity index (χ2v) is 5.21. The number of nitrogens with two attached hydrogens (primary N) is 1. The average Bonchev–Trinajstić information content (AvgIpc) is 2.79. The van der Waals surface area contributed by atoms with E-state index < -0.39 is 0 Å². The van der Waals surface area contributed by atoms with Crippen molar-refractivity contribution in [2.75, 3.05) is 32.7 Å². The molecule has 2 rings (SSSR count). The van der Waals surface area contributed by atoms with Crippen LogP contribution in [0.2, 0.25) is 0 Å². The number of rotatable bonds is 6. The van der Waals surface area contributed by atoms with Gasteiger partial charge in [-0.25, -0.2) is 10.6 Å². The van der Waals surface area contributed by atoms with Crippen molar-refractivity contribution in [3.8, 4) is 0 Å². The predicted octanol–water partition coefficient (Wildman–Crippen LogP) is -0.754. The number of nitrogens with zero attached hydrogens (tertiary/aromatic N) is 2. The van der Waals surface area contributed by atoms with Crippen molar-refractivity contribution in [2.24, 2.45) is 5.84 Å². The summed E-state index contributed by atoms with van der Waals surface area (Å²) in [6.07, 6.45) is 3.51. The summed E-state index contributed by atoms with van der Waals surface area (Å²) >= 11 is 0. The topological polar surface area (TPSA) is 90.7 Å². The number of amides is 3. The molecule has 0 aromatic heterocycles. The third-order valence-electron chi connectivity index (χ3n) is 3.86. The first-order chi connectivity index (χ1) is 9.20. The molecule has 2 heterocycles. The maximum absolute atomic E-state index is 11.5. The van der Waals surface area contributed by atoms with Gasteiger partial charge in [0, 0.05) is 32.6 Å². The van der Waals surface area contributed by atoms with Crippen LogP contribution in [-0.4, -0.2) is 60.5 Å². The molecule has 1 atom stereocenters. The van der Waals surface area contributed by atoms with Crippen molar-refractivity contribution in [3.63, 3.8) is 0 Å². The van der Waals surface area contributed by atoms with Crippen molar-refractivity contribution < 1.29 is 9.59 Å². The second kappa shape index (κ2) is 6.72. The Morgan fingerprint density at radius 3 is 3.00 bits per heavy atom. The molecule has 0 aromatic rings. The zero-order valence-corrected chi connectivity index (χ0v) is 11.2. The Labute approximate surface area is 113 Å². The lowest BCUT2D eigenvalue weighted by Crippen LogP contribution is -2.52. The monoisotopic (exact) mass is 269 g/mol. The van der Waals surface area contributed by atoms with E-state index in [0.29, 0.717) is 12.5 Å². The Hall–Kier alpha value is -1.34. The van der Waals surface area contributed by atoms with Gasteiger partial charge in [0.2, 0.25) is 5.91 Å². The minimum atomic E-state index is -0.0934. The molecule has 0 aromatic carbocycles. The molecule has 7 heteroatoms. The van der Waals surface area contributed by atoms with Crippen molar-refractivity contribution >= 4 is 11.9 Å². The summed E-state index contributed by atoms with van der Waals surface area (Å²) in [7, 11) is 0. The van der Waals surface area contributed by atoms with Gasteiger partial charge >= 0.3 is 6.03 Å². The van der Waals surface area contributed by atoms with E-state index in [1.54, 1.807) is 0 Å². The van der Waals surface area contributed by atoms with Crippen LogP contribution in [-0.2, 0) is 4.79 Å². The van der Waals surface area contributed by atoms with Gasteiger partial charge in [0.15, 0.2) is 0 Å². The van der Waals surface area contributed by atoms with Crippen LogP contribution in [0.15, 0.2) is 0 Å². The van der Waals surface area contributed by atoms with Crippen molar-refractivity contribution in [2.45, 2.75) is 31.7 Å². The number of unbranched alkanes of at least 4 members (excludes halogenated alkanes) is 2. The molecular weight excluding hydrogens is 246 g/mol. The first kappa shape index (κ1) is 14.1. The standard InChI is InChI=1S/C12H23N5O2/c13-15-11(18)4-2-1-3-5-16-6-7-17-10(9-16)8-14-12(17)19/h10H,1-9,13H2,(H,14,19)(H,15,18). The van der Waals surface area contributed by atoms with Crippen LogP contribution in [0.4, 0.5) is 4.79 Å². The lowest BCUT2D eigenvalue weighted by Gasteiger charge is -2.36. The number of fused-ring (bicyclic) bond motifs is 1. The average molecular weight is 269 g/mol. The molecular formula is C12H23N5O2. The normalized spacial score (nSPS) is 23.1. The summed E-state index contributed by atoms with van der Waals surface area (Å²) < 4.78 is 0. The molecule has 0 spiro atoms. The minimum absolute atomic E-state index is 0.0810. The van der Waals surface area contributed by atoms with Gasteiger partial charge in [-0.3, -0.25) is 15.1 Å². The fraction of sp³-hybridized carbons (Fsp3) is 0.833. The van der Waals surface area contributed by atoms with E-state index in [0.717, 1.165) is 52.0 Å². The maximum atomic E-state index is 11.5. The van der Waals surface area contributed by atoms with Crippen LogP contribution < -0.4 is 16.6 Å². The molecule has 2 aliphatic rings. The molecule has 108 valence electrons. The summed E-state index contributed by atoms with van der Waals surface area (Å²) in [5, 5.41) is 2.88. The highest BCUT2D eigenvalue weighted by Crippen LogP contribution is 2.14. The highest BCUT2D eigenvalue weighted by Gasteiger charge is 2.34. The van der Waals surface area contributed by atoms with Gasteiger partial charge in [-0.2, -0.15) is 0 Å². The van der Waals surface area contributed by atoms with Crippen LogP contribution in [0.25, 0.3) is 0 Å². The number of urea groups is 1. The molecule has 2 saturated heterocycles. The maximum Gasteiger partial charge on any atom is 0.317 e. The van der Waals surface area contributed by atoms with E-state index in [1.165, 1.54) is 0 Å². The number of nitrogens with one attached hydrogen (secondary N) is 2. The highest BCUT2D eigenvalue weighted by molar-refractivity contribution is 5.77. The van der Waals surface area contributed by atoms with Gasteiger partial charge in [-0.05, 0) is 19.4 Å². The van der Waals surface area contributed by atoms with Crippen LogP contribution in [0.5, 0.6) is 0 Å². The summed E-state index contributed by atoms with van der Waals surface area (Å²) in [6.45, 7) is 4.55. The van der Waals surface area contributed by atoms with Crippen LogP contribution in [0.3, 0.4) is 0 Å². The molecule has 0 saturated carbocycles. The summed E-state index contributed by atoms with van der Waals surface area (Å²) in [5.74, 6) is 4.93. The van der Waals surface area contributed by atoms with Crippen LogP contribution in [0.1, 0.15) is 25.7 Å². The quantitative estimate of drug-likeness (QED) is 0.256. The SMILES string of the molecule is NNC(=O)CCCCCN1CCN2C(=O)NCC2C1. The summed E-state index contributed by atoms with van der Waals surface area (Å²) in [4.78, 5) is 26.7. The molecule has 4 N–H and O–H groups in total. The van der Waals surface area contributed by atoms with Gasteiger partial charge in [0.05, 0.1) is 6.04 Å². The molecule has 1 unspecified atom stereocenters. The number of hydrazine groups is 1. The molecule has 0 radical (unpaired) electrons. The molecule has 2 aliphatic heterocycles. The fourth-order valence-corrected chi connectivity index (χ4v) is 2.74. The smallest absolute Gasteiger partial charge is 0.317 e. The zero-order chi connectivity index (χ0) is 13.7. The summed E-state index contributed by atoms with van der Waals surface area (Å²) in [6, 6.07) is 0.418. The third kappa shape index (κ3) is 3.81.